The van der Waals surface area contributed by atoms with Crippen molar-refractivity contribution >= 4 is 67.4 Å². The first-order valence-electron chi connectivity index (χ1n) is 9.39. The van der Waals surface area contributed by atoms with Crippen LogP contribution in [0.3, 0.4) is 0 Å². The Morgan fingerprint density at radius 2 is 1.81 bits per heavy atom. The standard InChI is InChI=1S/C23H17Cl3N2O2S/c1-14-9-17(25)11-20-22(14)27-23(31-20)28(12-15-5-3-2-4-6-15)21(29)13-30-19-8-7-16(24)10-18(19)26/h2-11H,12-13H2,1H3. The van der Waals surface area contributed by atoms with Gasteiger partial charge in [-0.05, 0) is 48.4 Å². The molecule has 0 fully saturated rings. The minimum Gasteiger partial charge on any atom is -0.482 e. The normalized spacial score (nSPS) is 11.0. The van der Waals surface area contributed by atoms with Crippen molar-refractivity contribution in [1.82, 2.24) is 4.98 Å². The van der Waals surface area contributed by atoms with Gasteiger partial charge in [-0.15, -0.1) is 0 Å². The van der Waals surface area contributed by atoms with Gasteiger partial charge in [-0.1, -0.05) is 76.5 Å². The summed E-state index contributed by atoms with van der Waals surface area (Å²) in [6, 6.07) is 18.3. The number of hydrogen-bond donors (Lipinski definition) is 0. The predicted molar refractivity (Wildman–Crippen MR) is 129 cm³/mol. The van der Waals surface area contributed by atoms with E-state index < -0.39 is 0 Å². The third-order valence-corrected chi connectivity index (χ3v) is 6.37. The average molecular weight is 492 g/mol. The molecule has 0 aliphatic heterocycles. The number of carbonyl (C=O) groups is 1. The molecule has 4 nitrogen and oxygen atoms in total. The number of aryl methyl sites for hydroxylation is 1. The zero-order valence-electron chi connectivity index (χ0n) is 16.4. The van der Waals surface area contributed by atoms with Crippen molar-refractivity contribution in [3.8, 4) is 5.75 Å². The number of thiazole rings is 1. The number of rotatable bonds is 6. The molecule has 4 rings (SSSR count). The van der Waals surface area contributed by atoms with E-state index in [9.17, 15) is 4.79 Å². The Morgan fingerprint density at radius 1 is 1.03 bits per heavy atom. The zero-order chi connectivity index (χ0) is 22.0. The molecule has 0 aliphatic carbocycles. The number of hydrogen-bond acceptors (Lipinski definition) is 4. The van der Waals surface area contributed by atoms with E-state index in [1.54, 1.807) is 23.1 Å². The monoisotopic (exact) mass is 490 g/mol. The fourth-order valence-corrected chi connectivity index (χ4v) is 5.00. The molecule has 31 heavy (non-hydrogen) atoms. The van der Waals surface area contributed by atoms with Crippen LogP contribution in [-0.2, 0) is 11.3 Å². The highest BCUT2D eigenvalue weighted by Crippen LogP contribution is 2.34. The first-order valence-corrected chi connectivity index (χ1v) is 11.3. The molecule has 0 spiro atoms. The number of amides is 1. The summed E-state index contributed by atoms with van der Waals surface area (Å²) in [6.07, 6.45) is 0. The first kappa shape index (κ1) is 21.9. The lowest BCUT2D eigenvalue weighted by atomic mass is 10.2. The van der Waals surface area contributed by atoms with Gasteiger partial charge in [-0.3, -0.25) is 9.69 Å². The van der Waals surface area contributed by atoms with Crippen LogP contribution in [0.2, 0.25) is 15.1 Å². The Bertz CT molecular complexity index is 1240. The summed E-state index contributed by atoms with van der Waals surface area (Å²) in [5, 5.41) is 2.07. The third kappa shape index (κ3) is 5.13. The van der Waals surface area contributed by atoms with Gasteiger partial charge >= 0.3 is 0 Å². The number of nitrogens with zero attached hydrogens (tertiary/aromatic N) is 2. The van der Waals surface area contributed by atoms with Gasteiger partial charge in [0.2, 0.25) is 0 Å². The lowest BCUT2D eigenvalue weighted by Crippen LogP contribution is -2.34. The molecule has 0 bridgehead atoms. The van der Waals surface area contributed by atoms with Gasteiger partial charge in [-0.25, -0.2) is 4.98 Å². The van der Waals surface area contributed by atoms with E-state index in [0.717, 1.165) is 21.3 Å². The number of ether oxygens (including phenoxy) is 1. The Hall–Kier alpha value is -2.31. The van der Waals surface area contributed by atoms with Gasteiger partial charge in [0.1, 0.15) is 5.75 Å². The zero-order valence-corrected chi connectivity index (χ0v) is 19.5. The van der Waals surface area contributed by atoms with Crippen molar-refractivity contribution in [2.45, 2.75) is 13.5 Å². The second-order valence-corrected chi connectivity index (χ2v) is 9.18. The van der Waals surface area contributed by atoms with Crippen LogP contribution in [0, 0.1) is 6.92 Å². The molecule has 158 valence electrons. The third-order valence-electron chi connectivity index (χ3n) is 4.60. The lowest BCUT2D eigenvalue weighted by Gasteiger charge is -2.20. The van der Waals surface area contributed by atoms with Crippen LogP contribution in [0.5, 0.6) is 5.75 Å². The van der Waals surface area contributed by atoms with Crippen molar-refractivity contribution < 1.29 is 9.53 Å². The van der Waals surface area contributed by atoms with Gasteiger partial charge in [-0.2, -0.15) is 0 Å². The molecular weight excluding hydrogens is 475 g/mol. The summed E-state index contributed by atoms with van der Waals surface area (Å²) >= 11 is 19.7. The molecule has 8 heteroatoms. The van der Waals surface area contributed by atoms with E-state index in [1.807, 2.05) is 49.4 Å². The van der Waals surface area contributed by atoms with Gasteiger partial charge in [0.15, 0.2) is 11.7 Å². The molecule has 1 aromatic heterocycles. The van der Waals surface area contributed by atoms with Gasteiger partial charge < -0.3 is 4.74 Å². The number of halogens is 3. The van der Waals surface area contributed by atoms with E-state index >= 15 is 0 Å². The maximum absolute atomic E-state index is 13.2. The van der Waals surface area contributed by atoms with Crippen molar-refractivity contribution in [2.75, 3.05) is 11.5 Å². The molecule has 0 aliphatic rings. The van der Waals surface area contributed by atoms with E-state index in [1.165, 1.54) is 11.3 Å². The smallest absolute Gasteiger partial charge is 0.267 e. The Kier molecular flexibility index (Phi) is 6.68. The van der Waals surface area contributed by atoms with Crippen molar-refractivity contribution in [1.29, 1.82) is 0 Å². The van der Waals surface area contributed by atoms with Gasteiger partial charge in [0.05, 0.1) is 21.8 Å². The van der Waals surface area contributed by atoms with E-state index in [-0.39, 0.29) is 12.5 Å². The molecular formula is C23H17Cl3N2O2S. The summed E-state index contributed by atoms with van der Waals surface area (Å²) in [6.45, 7) is 2.13. The van der Waals surface area contributed by atoms with Crippen LogP contribution < -0.4 is 9.64 Å². The molecule has 0 saturated heterocycles. The van der Waals surface area contributed by atoms with Crippen molar-refractivity contribution in [3.63, 3.8) is 0 Å². The lowest BCUT2D eigenvalue weighted by molar-refractivity contribution is -0.120. The quantitative estimate of drug-likeness (QED) is 0.287. The summed E-state index contributed by atoms with van der Waals surface area (Å²) in [4.78, 5) is 19.5. The molecule has 1 amide bonds. The van der Waals surface area contributed by atoms with Crippen LogP contribution >= 0.6 is 46.1 Å². The van der Waals surface area contributed by atoms with Crippen LogP contribution in [0.1, 0.15) is 11.1 Å². The molecule has 0 N–H and O–H groups in total. The minimum absolute atomic E-state index is 0.191. The molecule has 4 aromatic rings. The average Bonchev–Trinajstić information content (AvgIpc) is 3.16. The highest BCUT2D eigenvalue weighted by molar-refractivity contribution is 7.22. The van der Waals surface area contributed by atoms with E-state index in [4.69, 9.17) is 44.5 Å². The summed E-state index contributed by atoms with van der Waals surface area (Å²) in [5.74, 6) is 0.156. The molecule has 3 aromatic carbocycles. The van der Waals surface area contributed by atoms with Crippen molar-refractivity contribution in [3.05, 3.63) is 86.9 Å². The highest BCUT2D eigenvalue weighted by Gasteiger charge is 2.22. The Labute approximate surface area is 198 Å². The van der Waals surface area contributed by atoms with Crippen LogP contribution in [0.25, 0.3) is 10.2 Å². The molecule has 0 atom stereocenters. The fraction of sp³-hybridized carbons (Fsp3) is 0.130. The number of aromatic nitrogens is 1. The summed E-state index contributed by atoms with van der Waals surface area (Å²) in [5.41, 5.74) is 2.77. The fourth-order valence-electron chi connectivity index (χ4n) is 3.10. The van der Waals surface area contributed by atoms with Gasteiger partial charge in [0, 0.05) is 10.0 Å². The maximum Gasteiger partial charge on any atom is 0.267 e. The largest absolute Gasteiger partial charge is 0.482 e. The van der Waals surface area contributed by atoms with Crippen LogP contribution in [0.4, 0.5) is 5.13 Å². The summed E-state index contributed by atoms with van der Waals surface area (Å²) < 4.78 is 6.61. The second-order valence-electron chi connectivity index (χ2n) is 6.89. The topological polar surface area (TPSA) is 42.4 Å². The van der Waals surface area contributed by atoms with Gasteiger partial charge in [0.25, 0.3) is 5.91 Å². The number of fused-ring (bicyclic) bond motifs is 1. The predicted octanol–water partition coefficient (Wildman–Crippen LogP) is 7.18. The molecule has 0 saturated carbocycles. The maximum atomic E-state index is 13.2. The molecule has 0 unspecified atom stereocenters. The molecule has 0 radical (unpaired) electrons. The SMILES string of the molecule is Cc1cc(Cl)cc2sc(N(Cc3ccccc3)C(=O)COc3ccc(Cl)cc3Cl)nc12. The second kappa shape index (κ2) is 9.45. The number of benzene rings is 3. The Balaban J connectivity index is 1.64. The van der Waals surface area contributed by atoms with E-state index in [0.29, 0.717) is 32.5 Å². The minimum atomic E-state index is -0.238. The summed E-state index contributed by atoms with van der Waals surface area (Å²) in [7, 11) is 0. The number of carbonyl (C=O) groups excluding carboxylic acids is 1. The van der Waals surface area contributed by atoms with Crippen LogP contribution in [0.15, 0.2) is 60.7 Å². The first-order chi connectivity index (χ1) is 14.9. The highest BCUT2D eigenvalue weighted by atomic mass is 35.5. The van der Waals surface area contributed by atoms with E-state index in [2.05, 4.69) is 0 Å². The van der Waals surface area contributed by atoms with Crippen molar-refractivity contribution in [2.24, 2.45) is 0 Å². The Morgan fingerprint density at radius 3 is 2.55 bits per heavy atom. The van der Waals surface area contributed by atoms with Crippen LogP contribution in [-0.4, -0.2) is 17.5 Å². The molecule has 1 heterocycles. The number of anilines is 1.